The second kappa shape index (κ2) is 9.97. The number of carboxylic acid groups (broad SMARTS) is 1. The molecule has 0 unspecified atom stereocenters. The van der Waals surface area contributed by atoms with Crippen molar-refractivity contribution in [2.45, 2.75) is 25.8 Å². The maximum Gasteiger partial charge on any atom is 0.407 e. The Labute approximate surface area is 201 Å². The van der Waals surface area contributed by atoms with Gasteiger partial charge in [-0.1, -0.05) is 62.4 Å². The maximum atomic E-state index is 13.8. The van der Waals surface area contributed by atoms with E-state index in [1.54, 1.807) is 13.8 Å². The molecule has 1 aliphatic carbocycles. The number of carboxylic acids is 1. The van der Waals surface area contributed by atoms with Crippen molar-refractivity contribution < 1.29 is 28.6 Å². The van der Waals surface area contributed by atoms with E-state index in [9.17, 15) is 18.8 Å². The molecule has 180 valence electrons. The van der Waals surface area contributed by atoms with Gasteiger partial charge in [0.05, 0.1) is 5.56 Å². The van der Waals surface area contributed by atoms with Crippen LogP contribution in [0, 0.1) is 11.7 Å². The van der Waals surface area contributed by atoms with Crippen molar-refractivity contribution in [3.05, 3.63) is 89.2 Å². The van der Waals surface area contributed by atoms with Gasteiger partial charge in [0.2, 0.25) is 5.91 Å². The Morgan fingerprint density at radius 1 is 0.971 bits per heavy atom. The number of hydrogen-bond donors (Lipinski definition) is 3. The molecule has 3 N–H and O–H groups in total. The van der Waals surface area contributed by atoms with Gasteiger partial charge in [0.1, 0.15) is 18.5 Å². The molecule has 0 spiro atoms. The first-order valence-corrected chi connectivity index (χ1v) is 11.2. The summed E-state index contributed by atoms with van der Waals surface area (Å²) in [6, 6.07) is 17.9. The number of hydrogen-bond acceptors (Lipinski definition) is 4. The fourth-order valence-corrected chi connectivity index (χ4v) is 4.31. The molecule has 1 atom stereocenters. The normalized spacial score (nSPS) is 13.0. The zero-order valence-corrected chi connectivity index (χ0v) is 19.2. The van der Waals surface area contributed by atoms with Crippen LogP contribution in [0.25, 0.3) is 11.1 Å². The predicted molar refractivity (Wildman–Crippen MR) is 129 cm³/mol. The molecule has 8 heteroatoms. The van der Waals surface area contributed by atoms with Crippen LogP contribution in [-0.2, 0) is 9.53 Å². The molecule has 0 aliphatic heterocycles. The van der Waals surface area contributed by atoms with Gasteiger partial charge in [0.25, 0.3) is 0 Å². The van der Waals surface area contributed by atoms with Crippen molar-refractivity contribution in [3.63, 3.8) is 0 Å². The van der Waals surface area contributed by atoms with Crippen LogP contribution in [0.5, 0.6) is 0 Å². The third-order valence-electron chi connectivity index (χ3n) is 5.98. The van der Waals surface area contributed by atoms with Crippen LogP contribution in [0.15, 0.2) is 66.7 Å². The van der Waals surface area contributed by atoms with Crippen molar-refractivity contribution in [2.24, 2.45) is 5.92 Å². The van der Waals surface area contributed by atoms with E-state index in [2.05, 4.69) is 10.6 Å². The molecule has 0 bridgehead atoms. The molecular formula is C27H25FN2O5. The van der Waals surface area contributed by atoms with Gasteiger partial charge in [-0.25, -0.2) is 14.0 Å². The Balaban J connectivity index is 1.43. The average Bonchev–Trinajstić information content (AvgIpc) is 3.14. The lowest BCUT2D eigenvalue weighted by atomic mass is 9.98. The van der Waals surface area contributed by atoms with Crippen LogP contribution in [0.2, 0.25) is 0 Å². The van der Waals surface area contributed by atoms with E-state index in [1.807, 2.05) is 48.5 Å². The van der Waals surface area contributed by atoms with Crippen molar-refractivity contribution in [2.75, 3.05) is 11.9 Å². The average molecular weight is 477 g/mol. The summed E-state index contributed by atoms with van der Waals surface area (Å²) < 4.78 is 19.3. The third kappa shape index (κ3) is 5.16. The van der Waals surface area contributed by atoms with E-state index in [4.69, 9.17) is 9.84 Å². The van der Waals surface area contributed by atoms with Crippen LogP contribution >= 0.6 is 0 Å². The van der Waals surface area contributed by atoms with Crippen LogP contribution in [-0.4, -0.2) is 35.7 Å². The Kier molecular flexibility index (Phi) is 6.82. The molecule has 3 aromatic carbocycles. The van der Waals surface area contributed by atoms with Gasteiger partial charge in [-0.15, -0.1) is 0 Å². The second-order valence-corrected chi connectivity index (χ2v) is 8.71. The highest BCUT2D eigenvalue weighted by molar-refractivity contribution is 5.98. The number of anilines is 1. The van der Waals surface area contributed by atoms with Crippen molar-refractivity contribution in [1.82, 2.24) is 5.32 Å². The molecule has 0 radical (unpaired) electrons. The van der Waals surface area contributed by atoms with E-state index < -0.39 is 29.8 Å². The number of carbonyl (C=O) groups excluding carboxylic acids is 2. The Morgan fingerprint density at radius 3 is 2.14 bits per heavy atom. The summed E-state index contributed by atoms with van der Waals surface area (Å²) in [4.78, 5) is 36.6. The molecule has 0 aromatic heterocycles. The minimum Gasteiger partial charge on any atom is -0.478 e. The van der Waals surface area contributed by atoms with Gasteiger partial charge in [0.15, 0.2) is 0 Å². The highest BCUT2D eigenvalue weighted by Crippen LogP contribution is 2.44. The largest absolute Gasteiger partial charge is 0.478 e. The number of amides is 2. The highest BCUT2D eigenvalue weighted by Gasteiger charge is 2.30. The minimum atomic E-state index is -1.32. The van der Waals surface area contributed by atoms with E-state index in [-0.39, 0.29) is 29.7 Å². The molecule has 7 nitrogen and oxygen atoms in total. The zero-order chi connectivity index (χ0) is 25.1. The van der Waals surface area contributed by atoms with E-state index in [1.165, 1.54) is 0 Å². The van der Waals surface area contributed by atoms with Crippen LogP contribution in [0.1, 0.15) is 41.3 Å². The first kappa shape index (κ1) is 23.9. The lowest BCUT2D eigenvalue weighted by Crippen LogP contribution is -2.47. The molecular weight excluding hydrogens is 451 g/mol. The lowest BCUT2D eigenvalue weighted by molar-refractivity contribution is -0.119. The Morgan fingerprint density at radius 2 is 1.57 bits per heavy atom. The first-order valence-electron chi connectivity index (χ1n) is 11.2. The number of aromatic carboxylic acids is 1. The number of nitrogens with one attached hydrogen (secondary N) is 2. The van der Waals surface area contributed by atoms with Crippen molar-refractivity contribution >= 4 is 23.7 Å². The van der Waals surface area contributed by atoms with Crippen LogP contribution in [0.3, 0.4) is 0 Å². The van der Waals surface area contributed by atoms with Gasteiger partial charge in [0, 0.05) is 11.6 Å². The number of carbonyl (C=O) groups is 3. The van der Waals surface area contributed by atoms with Crippen LogP contribution in [0.4, 0.5) is 14.9 Å². The predicted octanol–water partition coefficient (Wildman–Crippen LogP) is 5.03. The zero-order valence-electron chi connectivity index (χ0n) is 19.2. The number of halogens is 1. The molecule has 4 rings (SSSR count). The number of benzene rings is 3. The molecule has 0 heterocycles. The quantitative estimate of drug-likeness (QED) is 0.444. The lowest BCUT2D eigenvalue weighted by Gasteiger charge is -2.22. The highest BCUT2D eigenvalue weighted by atomic mass is 19.1. The van der Waals surface area contributed by atoms with Gasteiger partial charge < -0.3 is 20.5 Å². The SMILES string of the molecule is CC(C)[C@@H](NC(=O)OCC1c2ccccc2-c2ccccc21)C(=O)Nc1cc(F)cc(C(=O)O)c1. The number of rotatable bonds is 7. The Hall–Kier alpha value is -4.20. The fourth-order valence-electron chi connectivity index (χ4n) is 4.31. The number of ether oxygens (including phenoxy) is 1. The second-order valence-electron chi connectivity index (χ2n) is 8.71. The number of fused-ring (bicyclic) bond motifs is 3. The van der Waals surface area contributed by atoms with Crippen molar-refractivity contribution in [3.8, 4) is 11.1 Å². The van der Waals surface area contributed by atoms with Crippen molar-refractivity contribution in [1.29, 1.82) is 0 Å². The maximum absolute atomic E-state index is 13.8. The topological polar surface area (TPSA) is 105 Å². The summed E-state index contributed by atoms with van der Waals surface area (Å²) in [6.07, 6.45) is -0.758. The summed E-state index contributed by atoms with van der Waals surface area (Å²) in [7, 11) is 0. The molecule has 35 heavy (non-hydrogen) atoms. The van der Waals surface area contributed by atoms with Gasteiger partial charge >= 0.3 is 12.1 Å². The summed E-state index contributed by atoms with van der Waals surface area (Å²) >= 11 is 0. The molecule has 2 amide bonds. The van der Waals surface area contributed by atoms with E-state index in [0.29, 0.717) is 0 Å². The van der Waals surface area contributed by atoms with E-state index in [0.717, 1.165) is 40.5 Å². The molecule has 0 saturated carbocycles. The molecule has 3 aromatic rings. The van der Waals surface area contributed by atoms with E-state index >= 15 is 0 Å². The minimum absolute atomic E-state index is 0.0209. The van der Waals surface area contributed by atoms with Gasteiger partial charge in [-0.3, -0.25) is 4.79 Å². The van der Waals surface area contributed by atoms with Crippen LogP contribution < -0.4 is 10.6 Å². The first-order chi connectivity index (χ1) is 16.7. The van der Waals surface area contributed by atoms with Gasteiger partial charge in [-0.05, 0) is 46.4 Å². The standard InChI is InChI=1S/C27H25FN2O5/c1-15(2)24(25(31)29-18-12-16(26(32)33)11-17(28)13-18)30-27(34)35-14-23-21-9-5-3-7-19(21)20-8-4-6-10-22(20)23/h3-13,15,23-24H,14H2,1-2H3,(H,29,31)(H,30,34)(H,32,33)/t24-/m1/s1. The molecule has 0 fully saturated rings. The summed E-state index contributed by atoms with van der Waals surface area (Å²) in [6.45, 7) is 3.57. The smallest absolute Gasteiger partial charge is 0.407 e. The Bertz CT molecular complexity index is 1240. The third-order valence-corrected chi connectivity index (χ3v) is 5.98. The summed E-state index contributed by atoms with van der Waals surface area (Å²) in [5, 5.41) is 14.2. The fraction of sp³-hybridized carbons (Fsp3) is 0.222. The summed E-state index contributed by atoms with van der Waals surface area (Å²) in [5.41, 5.74) is 4.03. The number of alkyl carbamates (subject to hydrolysis) is 1. The van der Waals surface area contributed by atoms with Gasteiger partial charge in [-0.2, -0.15) is 0 Å². The molecule has 1 aliphatic rings. The molecule has 0 saturated heterocycles. The summed E-state index contributed by atoms with van der Waals surface area (Å²) in [5.74, 6) is -3.18. The monoisotopic (exact) mass is 476 g/mol.